The van der Waals surface area contributed by atoms with Gasteiger partial charge in [0.1, 0.15) is 0 Å². The molecule has 0 atom stereocenters. The van der Waals surface area contributed by atoms with Crippen molar-refractivity contribution >= 4 is 11.5 Å². The van der Waals surface area contributed by atoms with Gasteiger partial charge in [-0.3, -0.25) is 4.79 Å². The standard InChI is InChI=1S/C25H29NO2/c1-18-8-9-20-11-10-19-5-2-3-6-22(19)23(24(20)17-18)7-4-14-26-15-12-21(13-16-26)25(27)28/h2-3,5-9,17,21H,4,10-16H2,1H3,(H,27,28)/b23-7-. The summed E-state index contributed by atoms with van der Waals surface area (Å²) in [5, 5.41) is 9.18. The van der Waals surface area contributed by atoms with E-state index in [0.717, 1.165) is 51.7 Å². The lowest BCUT2D eigenvalue weighted by molar-refractivity contribution is -0.143. The maximum Gasteiger partial charge on any atom is 0.306 e. The van der Waals surface area contributed by atoms with Crippen LogP contribution >= 0.6 is 0 Å². The first-order valence-electron chi connectivity index (χ1n) is 10.5. The molecule has 0 spiro atoms. The molecule has 2 aromatic carbocycles. The number of hydrogen-bond acceptors (Lipinski definition) is 2. The third-order valence-corrected chi connectivity index (χ3v) is 6.26. The molecule has 1 heterocycles. The predicted molar refractivity (Wildman–Crippen MR) is 114 cm³/mol. The molecule has 0 bridgehead atoms. The van der Waals surface area contributed by atoms with Gasteiger partial charge in [0.25, 0.3) is 0 Å². The monoisotopic (exact) mass is 375 g/mol. The number of fused-ring (bicyclic) bond motifs is 2. The van der Waals surface area contributed by atoms with Gasteiger partial charge in [-0.15, -0.1) is 0 Å². The van der Waals surface area contributed by atoms with Crippen molar-refractivity contribution in [3.8, 4) is 0 Å². The lowest BCUT2D eigenvalue weighted by Crippen LogP contribution is -2.36. The summed E-state index contributed by atoms with van der Waals surface area (Å²) in [4.78, 5) is 13.6. The van der Waals surface area contributed by atoms with E-state index in [1.54, 1.807) is 0 Å². The topological polar surface area (TPSA) is 40.5 Å². The number of benzene rings is 2. The van der Waals surface area contributed by atoms with Crippen LogP contribution in [0.3, 0.4) is 0 Å². The Balaban J connectivity index is 1.55. The molecule has 28 heavy (non-hydrogen) atoms. The SMILES string of the molecule is Cc1ccc2c(c1)/C(=C\CCN1CCC(C(=O)O)CC1)c1ccccc1CC2. The Bertz CT molecular complexity index is 891. The summed E-state index contributed by atoms with van der Waals surface area (Å²) in [6, 6.07) is 15.7. The number of carboxylic acids is 1. The zero-order valence-electron chi connectivity index (χ0n) is 16.7. The first kappa shape index (κ1) is 18.9. The Kier molecular flexibility index (Phi) is 5.63. The third kappa shape index (κ3) is 4.05. The van der Waals surface area contributed by atoms with Gasteiger partial charge in [-0.25, -0.2) is 0 Å². The van der Waals surface area contributed by atoms with Gasteiger partial charge >= 0.3 is 5.97 Å². The van der Waals surface area contributed by atoms with E-state index in [4.69, 9.17) is 0 Å². The second-order valence-electron chi connectivity index (χ2n) is 8.18. The number of hydrogen-bond donors (Lipinski definition) is 1. The average Bonchev–Trinajstić information content (AvgIpc) is 2.85. The zero-order chi connectivity index (χ0) is 19.5. The summed E-state index contributed by atoms with van der Waals surface area (Å²) >= 11 is 0. The molecule has 0 unspecified atom stereocenters. The van der Waals surface area contributed by atoms with Crippen LogP contribution in [0.25, 0.3) is 5.57 Å². The fourth-order valence-corrected chi connectivity index (χ4v) is 4.59. The summed E-state index contributed by atoms with van der Waals surface area (Å²) in [6.07, 6.45) is 7.13. The van der Waals surface area contributed by atoms with Gasteiger partial charge in [0.15, 0.2) is 0 Å². The highest BCUT2D eigenvalue weighted by Gasteiger charge is 2.24. The van der Waals surface area contributed by atoms with Crippen LogP contribution in [0.5, 0.6) is 0 Å². The van der Waals surface area contributed by atoms with E-state index in [1.165, 1.54) is 33.4 Å². The Morgan fingerprint density at radius 3 is 2.54 bits per heavy atom. The van der Waals surface area contributed by atoms with Crippen LogP contribution in [-0.4, -0.2) is 35.6 Å². The molecule has 4 rings (SSSR count). The van der Waals surface area contributed by atoms with Crippen molar-refractivity contribution in [2.45, 2.75) is 39.0 Å². The number of rotatable bonds is 4. The second-order valence-corrected chi connectivity index (χ2v) is 8.18. The molecule has 3 nitrogen and oxygen atoms in total. The highest BCUT2D eigenvalue weighted by Crippen LogP contribution is 2.34. The molecule has 1 N–H and O–H groups in total. The quantitative estimate of drug-likeness (QED) is 0.841. The molecule has 146 valence electrons. The molecule has 0 amide bonds. The maximum atomic E-state index is 11.1. The first-order chi connectivity index (χ1) is 13.6. The number of nitrogens with zero attached hydrogens (tertiary/aromatic N) is 1. The molecule has 3 heteroatoms. The van der Waals surface area contributed by atoms with Crippen LogP contribution in [-0.2, 0) is 17.6 Å². The highest BCUT2D eigenvalue weighted by atomic mass is 16.4. The largest absolute Gasteiger partial charge is 0.481 e. The molecule has 0 saturated carbocycles. The smallest absolute Gasteiger partial charge is 0.306 e. The van der Waals surface area contributed by atoms with Gasteiger partial charge in [0.2, 0.25) is 0 Å². The van der Waals surface area contributed by atoms with E-state index in [2.05, 4.69) is 60.4 Å². The lowest BCUT2D eigenvalue weighted by atomic mass is 9.92. The van der Waals surface area contributed by atoms with Gasteiger partial charge in [-0.2, -0.15) is 0 Å². The summed E-state index contributed by atoms with van der Waals surface area (Å²) in [5.74, 6) is -0.790. The minimum absolute atomic E-state index is 0.154. The number of carboxylic acid groups (broad SMARTS) is 1. The predicted octanol–water partition coefficient (Wildman–Crippen LogP) is 4.71. The summed E-state index contributed by atoms with van der Waals surface area (Å²) < 4.78 is 0. The molecule has 1 aliphatic heterocycles. The highest BCUT2D eigenvalue weighted by molar-refractivity contribution is 5.84. The molecule has 1 saturated heterocycles. The summed E-state index contributed by atoms with van der Waals surface area (Å²) in [7, 11) is 0. The molecule has 0 radical (unpaired) electrons. The van der Waals surface area contributed by atoms with Crippen LogP contribution in [0.4, 0.5) is 0 Å². The maximum absolute atomic E-state index is 11.1. The van der Waals surface area contributed by atoms with E-state index < -0.39 is 5.97 Å². The summed E-state index contributed by atoms with van der Waals surface area (Å²) in [5.41, 5.74) is 8.30. The fourth-order valence-electron chi connectivity index (χ4n) is 4.59. The van der Waals surface area contributed by atoms with Crippen molar-refractivity contribution in [1.29, 1.82) is 0 Å². The van der Waals surface area contributed by atoms with E-state index in [1.807, 2.05) is 0 Å². The number of aryl methyl sites for hydroxylation is 3. The van der Waals surface area contributed by atoms with Crippen molar-refractivity contribution in [1.82, 2.24) is 4.90 Å². The number of carbonyl (C=O) groups is 1. The summed E-state index contributed by atoms with van der Waals surface area (Å²) in [6.45, 7) is 4.96. The van der Waals surface area contributed by atoms with Gasteiger partial charge in [0, 0.05) is 6.54 Å². The minimum Gasteiger partial charge on any atom is -0.481 e. The van der Waals surface area contributed by atoms with Gasteiger partial charge < -0.3 is 10.0 Å². The van der Waals surface area contributed by atoms with Crippen LogP contribution in [0.15, 0.2) is 48.5 Å². The minimum atomic E-state index is -0.635. The Labute approximate surface area is 167 Å². The normalized spacial score (nSPS) is 19.1. The molecule has 2 aliphatic rings. The van der Waals surface area contributed by atoms with E-state index in [9.17, 15) is 9.90 Å². The third-order valence-electron chi connectivity index (χ3n) is 6.26. The van der Waals surface area contributed by atoms with Crippen molar-refractivity contribution in [3.05, 3.63) is 76.4 Å². The Hall–Kier alpha value is -2.39. The zero-order valence-corrected chi connectivity index (χ0v) is 16.7. The molecular formula is C25H29NO2. The van der Waals surface area contributed by atoms with E-state index in [-0.39, 0.29) is 5.92 Å². The van der Waals surface area contributed by atoms with Crippen LogP contribution in [0.2, 0.25) is 0 Å². The molecular weight excluding hydrogens is 346 g/mol. The van der Waals surface area contributed by atoms with Gasteiger partial charge in [0.05, 0.1) is 5.92 Å². The van der Waals surface area contributed by atoms with Crippen LogP contribution in [0.1, 0.15) is 47.1 Å². The van der Waals surface area contributed by atoms with Gasteiger partial charge in [-0.05, 0) is 79.9 Å². The van der Waals surface area contributed by atoms with Crippen molar-refractivity contribution in [3.63, 3.8) is 0 Å². The lowest BCUT2D eigenvalue weighted by Gasteiger charge is -2.29. The van der Waals surface area contributed by atoms with Crippen molar-refractivity contribution in [2.24, 2.45) is 5.92 Å². The van der Waals surface area contributed by atoms with E-state index >= 15 is 0 Å². The first-order valence-corrected chi connectivity index (χ1v) is 10.5. The van der Waals surface area contributed by atoms with Crippen molar-refractivity contribution in [2.75, 3.05) is 19.6 Å². The number of aliphatic carboxylic acids is 1. The Morgan fingerprint density at radius 2 is 1.79 bits per heavy atom. The molecule has 1 aliphatic carbocycles. The number of likely N-dealkylation sites (tertiary alicyclic amines) is 1. The fraction of sp³-hybridized carbons (Fsp3) is 0.400. The van der Waals surface area contributed by atoms with Crippen molar-refractivity contribution < 1.29 is 9.90 Å². The second kappa shape index (κ2) is 8.32. The van der Waals surface area contributed by atoms with E-state index in [0.29, 0.717) is 0 Å². The molecule has 2 aromatic rings. The molecule has 1 fully saturated rings. The van der Waals surface area contributed by atoms with Gasteiger partial charge in [-0.1, -0.05) is 54.1 Å². The van der Waals surface area contributed by atoms with Crippen LogP contribution in [0, 0.1) is 12.8 Å². The Morgan fingerprint density at radius 1 is 1.07 bits per heavy atom. The van der Waals surface area contributed by atoms with Crippen LogP contribution < -0.4 is 0 Å². The average molecular weight is 376 g/mol. The number of piperidine rings is 1. The molecule has 0 aromatic heterocycles.